The molecule has 1 aromatic carbocycles. The summed E-state index contributed by atoms with van der Waals surface area (Å²) in [5.74, 6) is -0.384. The van der Waals surface area contributed by atoms with Crippen LogP contribution in [-0.2, 0) is 25.5 Å². The number of ether oxygens (including phenoxy) is 2. The molecule has 2 fully saturated rings. The smallest absolute Gasteiger partial charge is 0.304 e. The van der Waals surface area contributed by atoms with Gasteiger partial charge in [-0.25, -0.2) is 0 Å². The predicted octanol–water partition coefficient (Wildman–Crippen LogP) is 3.58. The molecule has 8 heteroatoms. The summed E-state index contributed by atoms with van der Waals surface area (Å²) in [6, 6.07) is 7.64. The summed E-state index contributed by atoms with van der Waals surface area (Å²) in [7, 11) is -2.91. The van der Waals surface area contributed by atoms with Gasteiger partial charge in [0.2, 0.25) is 14.3 Å². The molecule has 0 radical (unpaired) electrons. The number of esters is 1. The Morgan fingerprint density at radius 3 is 2.67 bits per heavy atom. The van der Waals surface area contributed by atoms with E-state index in [1.54, 1.807) is 13.1 Å². The number of hydrogen-bond acceptors (Lipinski definition) is 5. The fourth-order valence-electron chi connectivity index (χ4n) is 4.93. The van der Waals surface area contributed by atoms with E-state index in [9.17, 15) is 18.8 Å². The molecule has 0 aromatic heterocycles. The maximum Gasteiger partial charge on any atom is 0.304 e. The lowest BCUT2D eigenvalue weighted by Gasteiger charge is -2.39. The van der Waals surface area contributed by atoms with Gasteiger partial charge in [-0.05, 0) is 56.0 Å². The van der Waals surface area contributed by atoms with E-state index in [4.69, 9.17) is 9.47 Å². The van der Waals surface area contributed by atoms with E-state index in [-0.39, 0.29) is 42.6 Å². The van der Waals surface area contributed by atoms with E-state index in [0.29, 0.717) is 12.1 Å². The van der Waals surface area contributed by atoms with E-state index < -0.39 is 20.6 Å². The number of amides is 1. The minimum Gasteiger partial charge on any atom is -0.441 e. The molecule has 1 unspecified atom stereocenters. The molecule has 0 saturated carbocycles. The third-order valence-corrected chi connectivity index (χ3v) is 8.71. The summed E-state index contributed by atoms with van der Waals surface area (Å²) >= 11 is 0. The molecule has 1 aromatic rings. The highest BCUT2D eigenvalue weighted by Gasteiger charge is 2.50. The zero-order chi connectivity index (χ0) is 22.1. The number of carbonyl (C=O) groups excluding carboxylic acids is 2. The molecule has 1 N–H and O–H groups in total. The highest BCUT2D eigenvalue weighted by atomic mass is 28.4. The standard InChI is InChI=1S/C22H32FNO5Si/c1-14-18(29-19(10-11-25)22(14)30(3,4)23)9-8-16-6-5-7-17(12-16)24-20(27)13-21(24)28-15(2)26/h5-7,12,14,18-19,21-22,25H,8-11,13H2,1-4H3/t14-,18+,19-,21?,22+/m1/s1. The maximum atomic E-state index is 14.9. The van der Waals surface area contributed by atoms with Gasteiger partial charge in [0.15, 0.2) is 6.23 Å². The van der Waals surface area contributed by atoms with Gasteiger partial charge in [-0.2, -0.15) is 0 Å². The topological polar surface area (TPSA) is 76.1 Å². The van der Waals surface area contributed by atoms with Crippen LogP contribution in [0.1, 0.15) is 38.7 Å². The molecule has 2 saturated heterocycles. The number of nitrogens with zero attached hydrogens (tertiary/aromatic N) is 1. The van der Waals surface area contributed by atoms with Crippen LogP contribution >= 0.6 is 0 Å². The Morgan fingerprint density at radius 2 is 2.07 bits per heavy atom. The summed E-state index contributed by atoms with van der Waals surface area (Å²) in [5, 5.41) is 9.35. The molecule has 1 amide bonds. The lowest BCUT2D eigenvalue weighted by atomic mass is 9.95. The van der Waals surface area contributed by atoms with Crippen LogP contribution < -0.4 is 4.90 Å². The summed E-state index contributed by atoms with van der Waals surface area (Å²) in [6.07, 6.45) is 1.32. The van der Waals surface area contributed by atoms with E-state index in [1.807, 2.05) is 24.3 Å². The van der Waals surface area contributed by atoms with Crippen molar-refractivity contribution in [2.75, 3.05) is 11.5 Å². The molecule has 2 heterocycles. The third-order valence-electron chi connectivity index (χ3n) is 6.22. The van der Waals surface area contributed by atoms with Crippen molar-refractivity contribution in [1.82, 2.24) is 0 Å². The van der Waals surface area contributed by atoms with Crippen LogP contribution in [0.4, 0.5) is 9.80 Å². The Kier molecular flexibility index (Phi) is 6.99. The van der Waals surface area contributed by atoms with Gasteiger partial charge in [-0.3, -0.25) is 14.5 Å². The van der Waals surface area contributed by atoms with Crippen molar-refractivity contribution in [2.45, 2.75) is 76.6 Å². The lowest BCUT2D eigenvalue weighted by molar-refractivity contribution is -0.153. The van der Waals surface area contributed by atoms with E-state index >= 15 is 0 Å². The summed E-state index contributed by atoms with van der Waals surface area (Å²) in [6.45, 7) is 6.83. The van der Waals surface area contributed by atoms with E-state index in [0.717, 1.165) is 18.4 Å². The minimum atomic E-state index is -2.91. The predicted molar refractivity (Wildman–Crippen MR) is 114 cm³/mol. The molecule has 0 aliphatic carbocycles. The van der Waals surface area contributed by atoms with Gasteiger partial charge >= 0.3 is 5.97 Å². The first-order valence-corrected chi connectivity index (χ1v) is 13.6. The van der Waals surface area contributed by atoms with Crippen molar-refractivity contribution >= 4 is 26.0 Å². The van der Waals surface area contributed by atoms with Crippen molar-refractivity contribution in [3.8, 4) is 0 Å². The number of aliphatic hydroxyl groups excluding tert-OH is 1. The summed E-state index contributed by atoms with van der Waals surface area (Å²) in [4.78, 5) is 24.8. The number of β-lactam (4-membered cyclic amide) rings is 1. The highest BCUT2D eigenvalue weighted by Crippen LogP contribution is 2.46. The largest absolute Gasteiger partial charge is 0.441 e. The molecular weight excluding hydrogens is 405 g/mol. The molecule has 2 aliphatic heterocycles. The van der Waals surface area contributed by atoms with Gasteiger partial charge in [-0.15, -0.1) is 0 Å². The van der Waals surface area contributed by atoms with Crippen LogP contribution in [0.25, 0.3) is 0 Å². The second kappa shape index (κ2) is 9.16. The normalized spacial score (nSPS) is 29.1. The summed E-state index contributed by atoms with van der Waals surface area (Å²) < 4.78 is 26.3. The molecule has 30 heavy (non-hydrogen) atoms. The molecule has 0 spiro atoms. The second-order valence-electron chi connectivity index (χ2n) is 8.92. The zero-order valence-corrected chi connectivity index (χ0v) is 19.1. The van der Waals surface area contributed by atoms with Crippen LogP contribution in [0.3, 0.4) is 0 Å². The Balaban J connectivity index is 1.66. The maximum absolute atomic E-state index is 14.9. The van der Waals surface area contributed by atoms with Gasteiger partial charge in [-0.1, -0.05) is 19.1 Å². The lowest BCUT2D eigenvalue weighted by Crippen LogP contribution is -2.54. The van der Waals surface area contributed by atoms with Crippen molar-refractivity contribution in [1.29, 1.82) is 0 Å². The number of rotatable bonds is 8. The Hall–Kier alpha value is -1.77. The highest BCUT2D eigenvalue weighted by molar-refractivity contribution is 6.72. The fourth-order valence-corrected chi connectivity index (χ4v) is 7.52. The number of aliphatic hydroxyl groups is 1. The first-order chi connectivity index (χ1) is 14.1. The van der Waals surface area contributed by atoms with Crippen molar-refractivity contribution in [2.24, 2.45) is 5.92 Å². The third kappa shape index (κ3) is 4.92. The Labute approximate surface area is 178 Å². The fraction of sp³-hybridized carbons (Fsp3) is 0.636. The zero-order valence-electron chi connectivity index (χ0n) is 18.1. The van der Waals surface area contributed by atoms with Gasteiger partial charge in [0.25, 0.3) is 0 Å². The Morgan fingerprint density at radius 1 is 1.33 bits per heavy atom. The van der Waals surface area contributed by atoms with Crippen LogP contribution in [-0.4, -0.2) is 50.4 Å². The second-order valence-corrected chi connectivity index (χ2v) is 12.7. The average Bonchev–Trinajstić information content (AvgIpc) is 2.95. The molecule has 0 bridgehead atoms. The first-order valence-electron chi connectivity index (χ1n) is 10.6. The molecule has 3 rings (SSSR count). The number of halogens is 1. The molecule has 166 valence electrons. The molecule has 5 atom stereocenters. The number of anilines is 1. The van der Waals surface area contributed by atoms with Crippen LogP contribution in [0.2, 0.25) is 18.6 Å². The van der Waals surface area contributed by atoms with Gasteiger partial charge < -0.3 is 18.7 Å². The van der Waals surface area contributed by atoms with Crippen molar-refractivity contribution in [3.63, 3.8) is 0 Å². The SMILES string of the molecule is CC(=O)OC1CC(=O)N1c1cccc(CC[C@@H]2O[C@H](CCO)[C@@H]([Si](C)(C)F)[C@@H]2C)c1. The molecule has 2 aliphatic rings. The molecular formula is C22H32FNO5Si. The minimum absolute atomic E-state index is 0.000492. The van der Waals surface area contributed by atoms with Gasteiger partial charge in [0, 0.05) is 24.8 Å². The van der Waals surface area contributed by atoms with Crippen LogP contribution in [0.5, 0.6) is 0 Å². The Bertz CT molecular complexity index is 783. The number of carbonyl (C=O) groups is 2. The monoisotopic (exact) mass is 437 g/mol. The first kappa shape index (κ1) is 22.9. The quantitative estimate of drug-likeness (QED) is 0.291. The number of aryl methyl sites for hydroxylation is 1. The average molecular weight is 438 g/mol. The van der Waals surface area contributed by atoms with Crippen LogP contribution in [0.15, 0.2) is 24.3 Å². The summed E-state index contributed by atoms with van der Waals surface area (Å²) in [5.41, 5.74) is 1.64. The number of hydrogen-bond donors (Lipinski definition) is 1. The van der Waals surface area contributed by atoms with Crippen molar-refractivity contribution in [3.05, 3.63) is 29.8 Å². The van der Waals surface area contributed by atoms with Crippen molar-refractivity contribution < 1.29 is 28.3 Å². The van der Waals surface area contributed by atoms with E-state index in [2.05, 4.69) is 6.92 Å². The van der Waals surface area contributed by atoms with Crippen LogP contribution in [0, 0.1) is 5.92 Å². The van der Waals surface area contributed by atoms with E-state index in [1.165, 1.54) is 11.8 Å². The van der Waals surface area contributed by atoms with Gasteiger partial charge in [0.1, 0.15) is 0 Å². The van der Waals surface area contributed by atoms with Gasteiger partial charge in [0.05, 0.1) is 18.6 Å². The number of benzene rings is 1. The molecule has 6 nitrogen and oxygen atoms in total.